The van der Waals surface area contributed by atoms with Crippen molar-refractivity contribution < 1.29 is 24.3 Å². The van der Waals surface area contributed by atoms with Gasteiger partial charge in [0.25, 0.3) is 5.91 Å². The highest BCUT2D eigenvalue weighted by molar-refractivity contribution is 5.88. The average molecular weight is 362 g/mol. The van der Waals surface area contributed by atoms with E-state index in [0.29, 0.717) is 19.4 Å². The molecule has 2 N–H and O–H groups in total. The number of nitrogens with one attached hydrogen (secondary N) is 1. The number of benzene rings is 1. The molecule has 2 rings (SSSR count). The molecule has 1 aromatic rings. The molecule has 0 aromatic heterocycles. The lowest BCUT2D eigenvalue weighted by atomic mass is 9.78. The molecule has 0 aliphatic heterocycles. The van der Waals surface area contributed by atoms with Crippen LogP contribution in [0.3, 0.4) is 0 Å². The Kier molecular flexibility index (Phi) is 7.59. The zero-order valence-corrected chi connectivity index (χ0v) is 15.0. The van der Waals surface area contributed by atoms with E-state index in [1.54, 1.807) is 6.92 Å². The molecule has 1 aliphatic carbocycles. The average Bonchev–Trinajstić information content (AvgIpc) is 2.66. The highest BCUT2D eigenvalue weighted by atomic mass is 16.6. The summed E-state index contributed by atoms with van der Waals surface area (Å²) in [5.41, 5.74) is 3.26. The maximum absolute atomic E-state index is 12.7. The van der Waals surface area contributed by atoms with Gasteiger partial charge in [0.1, 0.15) is 6.54 Å². The van der Waals surface area contributed by atoms with Gasteiger partial charge in [-0.05, 0) is 25.3 Å². The number of carboxylic acid groups (broad SMARTS) is 1. The van der Waals surface area contributed by atoms with Gasteiger partial charge in [-0.3, -0.25) is 19.2 Å². The Morgan fingerprint density at radius 1 is 1.15 bits per heavy atom. The van der Waals surface area contributed by atoms with Gasteiger partial charge in [-0.2, -0.15) is 0 Å². The lowest BCUT2D eigenvalue weighted by Crippen LogP contribution is -2.46. The van der Waals surface area contributed by atoms with Crippen LogP contribution < -0.4 is 5.48 Å². The lowest BCUT2D eigenvalue weighted by Gasteiger charge is -2.32. The zero-order valence-electron chi connectivity index (χ0n) is 15.0. The first kappa shape index (κ1) is 19.9. The summed E-state index contributed by atoms with van der Waals surface area (Å²) in [6, 6.07) is 9.40. The third kappa shape index (κ3) is 5.56. The van der Waals surface area contributed by atoms with E-state index in [2.05, 4.69) is 5.48 Å². The van der Waals surface area contributed by atoms with Crippen LogP contribution in [0.5, 0.6) is 0 Å². The number of nitrogens with zero attached hydrogens (tertiary/aromatic N) is 1. The third-order valence-corrected chi connectivity index (χ3v) is 4.70. The van der Waals surface area contributed by atoms with Crippen molar-refractivity contribution in [2.24, 2.45) is 11.8 Å². The Hall–Kier alpha value is -2.41. The van der Waals surface area contributed by atoms with Gasteiger partial charge in [-0.25, -0.2) is 5.48 Å². The second-order valence-electron chi connectivity index (χ2n) is 6.49. The van der Waals surface area contributed by atoms with Crippen LogP contribution in [0.4, 0.5) is 0 Å². The molecule has 0 heterocycles. The van der Waals surface area contributed by atoms with Gasteiger partial charge in [0, 0.05) is 6.54 Å². The normalized spacial score (nSPS) is 19.6. The summed E-state index contributed by atoms with van der Waals surface area (Å²) >= 11 is 0. The molecule has 0 spiro atoms. The fraction of sp³-hybridized carbons (Fsp3) is 0.526. The van der Waals surface area contributed by atoms with E-state index in [-0.39, 0.29) is 19.1 Å². The Labute approximate surface area is 153 Å². The summed E-state index contributed by atoms with van der Waals surface area (Å²) < 4.78 is 0. The van der Waals surface area contributed by atoms with Crippen molar-refractivity contribution in [1.29, 1.82) is 0 Å². The first-order valence-electron chi connectivity index (χ1n) is 8.99. The summed E-state index contributed by atoms with van der Waals surface area (Å²) in [4.78, 5) is 42.8. The van der Waals surface area contributed by atoms with E-state index in [4.69, 9.17) is 4.84 Å². The molecule has 1 aromatic carbocycles. The topological polar surface area (TPSA) is 95.9 Å². The summed E-state index contributed by atoms with van der Waals surface area (Å²) in [7, 11) is 0. The van der Waals surface area contributed by atoms with E-state index in [1.807, 2.05) is 30.3 Å². The number of amides is 2. The minimum absolute atomic E-state index is 0.146. The molecule has 1 saturated carbocycles. The summed E-state index contributed by atoms with van der Waals surface area (Å²) in [6.45, 7) is 2.20. The maximum atomic E-state index is 12.7. The number of carbonyl (C=O) groups is 3. The van der Waals surface area contributed by atoms with Crippen LogP contribution >= 0.6 is 0 Å². The molecule has 2 atom stereocenters. The molecule has 0 unspecified atom stereocenters. The van der Waals surface area contributed by atoms with Crippen LogP contribution in [0.15, 0.2) is 30.3 Å². The van der Waals surface area contributed by atoms with Crippen molar-refractivity contribution in [1.82, 2.24) is 10.4 Å². The number of carbonyl (C=O) groups excluding carboxylic acids is 2. The zero-order chi connectivity index (χ0) is 18.9. The fourth-order valence-electron chi connectivity index (χ4n) is 3.28. The highest BCUT2D eigenvalue weighted by Crippen LogP contribution is 2.31. The Balaban J connectivity index is 1.85. The molecule has 1 aliphatic rings. The van der Waals surface area contributed by atoms with Crippen molar-refractivity contribution in [3.63, 3.8) is 0 Å². The van der Waals surface area contributed by atoms with Crippen molar-refractivity contribution in [2.75, 3.05) is 13.1 Å². The molecule has 1 fully saturated rings. The molecule has 0 bridgehead atoms. The lowest BCUT2D eigenvalue weighted by molar-refractivity contribution is -0.153. The Morgan fingerprint density at radius 3 is 2.42 bits per heavy atom. The van der Waals surface area contributed by atoms with E-state index >= 15 is 0 Å². The summed E-state index contributed by atoms with van der Waals surface area (Å²) in [5.74, 6) is -2.85. The monoisotopic (exact) mass is 362 g/mol. The fourth-order valence-corrected chi connectivity index (χ4v) is 3.28. The summed E-state index contributed by atoms with van der Waals surface area (Å²) in [5, 5.41) is 9.35. The van der Waals surface area contributed by atoms with Crippen LogP contribution in [-0.4, -0.2) is 40.9 Å². The van der Waals surface area contributed by atoms with E-state index in [1.165, 1.54) is 4.90 Å². The van der Waals surface area contributed by atoms with Gasteiger partial charge >= 0.3 is 5.97 Å². The van der Waals surface area contributed by atoms with Gasteiger partial charge in [0.15, 0.2) is 0 Å². The number of aliphatic carboxylic acids is 1. The Morgan fingerprint density at radius 2 is 1.81 bits per heavy atom. The van der Waals surface area contributed by atoms with Crippen LogP contribution in [-0.2, 0) is 25.8 Å². The SMILES string of the molecule is CCN(CC(=O)NOCc1ccccc1)C(=O)[C@H]1CCCC[C@H]1C(=O)O. The van der Waals surface area contributed by atoms with Crippen LogP contribution in [0.1, 0.15) is 38.2 Å². The molecule has 142 valence electrons. The second kappa shape index (κ2) is 9.91. The molecular formula is C19H26N2O5. The number of hydroxylamine groups is 1. The van der Waals surface area contributed by atoms with Crippen molar-refractivity contribution in [2.45, 2.75) is 39.2 Å². The van der Waals surface area contributed by atoms with Gasteiger partial charge < -0.3 is 10.0 Å². The van der Waals surface area contributed by atoms with Gasteiger partial charge in [-0.1, -0.05) is 43.2 Å². The first-order valence-corrected chi connectivity index (χ1v) is 8.99. The molecule has 2 amide bonds. The van der Waals surface area contributed by atoms with Crippen molar-refractivity contribution in [3.05, 3.63) is 35.9 Å². The number of carboxylic acids is 1. The van der Waals surface area contributed by atoms with E-state index in [0.717, 1.165) is 18.4 Å². The minimum atomic E-state index is -0.935. The molecular weight excluding hydrogens is 336 g/mol. The first-order chi connectivity index (χ1) is 12.5. The summed E-state index contributed by atoms with van der Waals surface area (Å²) in [6.07, 6.45) is 2.72. The number of hydrogen-bond acceptors (Lipinski definition) is 4. The molecule has 26 heavy (non-hydrogen) atoms. The van der Waals surface area contributed by atoms with Crippen LogP contribution in [0.25, 0.3) is 0 Å². The standard InChI is InChI=1S/C19H26N2O5/c1-2-21(18(23)15-10-6-7-11-16(15)19(24)25)12-17(22)20-26-13-14-8-4-3-5-9-14/h3-5,8-9,15-16H,2,6-7,10-13H2,1H3,(H,20,22)(H,24,25)/t15-,16+/m0/s1. The number of likely N-dealkylation sites (N-methyl/N-ethyl adjacent to an activating group) is 1. The van der Waals surface area contributed by atoms with E-state index in [9.17, 15) is 19.5 Å². The van der Waals surface area contributed by atoms with Gasteiger partial charge in [-0.15, -0.1) is 0 Å². The largest absolute Gasteiger partial charge is 0.481 e. The molecule has 7 nitrogen and oxygen atoms in total. The highest BCUT2D eigenvalue weighted by Gasteiger charge is 2.37. The Bertz CT molecular complexity index is 620. The van der Waals surface area contributed by atoms with Crippen LogP contribution in [0.2, 0.25) is 0 Å². The second-order valence-corrected chi connectivity index (χ2v) is 6.49. The van der Waals surface area contributed by atoms with Gasteiger partial charge in [0.05, 0.1) is 18.4 Å². The van der Waals surface area contributed by atoms with Crippen molar-refractivity contribution in [3.8, 4) is 0 Å². The predicted octanol–water partition coefficient (Wildman–Crippen LogP) is 1.97. The quantitative estimate of drug-likeness (QED) is 0.690. The smallest absolute Gasteiger partial charge is 0.307 e. The molecule has 7 heteroatoms. The van der Waals surface area contributed by atoms with E-state index < -0.39 is 23.7 Å². The van der Waals surface area contributed by atoms with Gasteiger partial charge in [0.2, 0.25) is 5.91 Å². The molecule has 0 radical (unpaired) electrons. The number of rotatable bonds is 8. The predicted molar refractivity (Wildman–Crippen MR) is 94.7 cm³/mol. The molecule has 0 saturated heterocycles. The number of hydrogen-bond donors (Lipinski definition) is 2. The van der Waals surface area contributed by atoms with Crippen molar-refractivity contribution >= 4 is 17.8 Å². The maximum Gasteiger partial charge on any atom is 0.307 e. The third-order valence-electron chi connectivity index (χ3n) is 4.70. The van der Waals surface area contributed by atoms with Crippen LogP contribution in [0, 0.1) is 11.8 Å². The minimum Gasteiger partial charge on any atom is -0.481 e.